The lowest BCUT2D eigenvalue weighted by atomic mass is 9.96. The summed E-state index contributed by atoms with van der Waals surface area (Å²) < 4.78 is 0. The van der Waals surface area contributed by atoms with Crippen LogP contribution in [0.2, 0.25) is 0 Å². The number of anilines is 2. The highest BCUT2D eigenvalue weighted by molar-refractivity contribution is 6.02. The van der Waals surface area contributed by atoms with Gasteiger partial charge >= 0.3 is 0 Å². The van der Waals surface area contributed by atoms with Crippen LogP contribution in [0, 0.1) is 0 Å². The molecule has 1 aliphatic heterocycles. The average Bonchev–Trinajstić information content (AvgIpc) is 2.80. The monoisotopic (exact) mass is 276 g/mol. The molecule has 0 saturated carbocycles. The van der Waals surface area contributed by atoms with E-state index < -0.39 is 0 Å². The maximum atomic E-state index is 12.4. The standard InChI is InChI=1S/C18H16N2O/c21-16-11-10-15-17(16)18(12-6-2-1-3-7-12)20-14-9-5-4-8-13(14)19-15/h1-9,18-20H,10-11H2/t18-/m1/s1. The Labute approximate surface area is 123 Å². The highest BCUT2D eigenvalue weighted by atomic mass is 16.1. The van der Waals surface area contributed by atoms with Crippen molar-refractivity contribution in [2.24, 2.45) is 0 Å². The number of hydrogen-bond acceptors (Lipinski definition) is 3. The summed E-state index contributed by atoms with van der Waals surface area (Å²) in [4.78, 5) is 12.4. The second-order valence-corrected chi connectivity index (χ2v) is 5.47. The molecule has 2 N–H and O–H groups in total. The van der Waals surface area contributed by atoms with Gasteiger partial charge in [-0.3, -0.25) is 4.79 Å². The third-order valence-electron chi connectivity index (χ3n) is 4.16. The minimum atomic E-state index is -0.0765. The Kier molecular flexibility index (Phi) is 2.78. The van der Waals surface area contributed by atoms with Crippen LogP contribution in [0.3, 0.4) is 0 Å². The van der Waals surface area contributed by atoms with Gasteiger partial charge in [-0.25, -0.2) is 0 Å². The number of rotatable bonds is 1. The molecule has 0 aromatic heterocycles. The second kappa shape index (κ2) is 4.77. The fraction of sp³-hybridized carbons (Fsp3) is 0.167. The summed E-state index contributed by atoms with van der Waals surface area (Å²) in [6, 6.07) is 18.2. The molecule has 1 aliphatic carbocycles. The summed E-state index contributed by atoms with van der Waals surface area (Å²) in [5.41, 5.74) is 5.15. The van der Waals surface area contributed by atoms with Crippen LogP contribution in [0.25, 0.3) is 0 Å². The number of ketones is 1. The number of fused-ring (bicyclic) bond motifs is 1. The van der Waals surface area contributed by atoms with Crippen LogP contribution >= 0.6 is 0 Å². The van der Waals surface area contributed by atoms with Gasteiger partial charge in [-0.1, -0.05) is 42.5 Å². The summed E-state index contributed by atoms with van der Waals surface area (Å²) in [6.07, 6.45) is 1.40. The molecule has 0 bridgehead atoms. The number of hydrogen-bond donors (Lipinski definition) is 2. The number of allylic oxidation sites excluding steroid dienone is 1. The van der Waals surface area contributed by atoms with E-state index in [0.29, 0.717) is 6.42 Å². The molecule has 1 atom stereocenters. The minimum Gasteiger partial charge on any atom is -0.372 e. The maximum Gasteiger partial charge on any atom is 0.163 e. The Balaban J connectivity index is 1.87. The van der Waals surface area contributed by atoms with E-state index in [9.17, 15) is 4.79 Å². The van der Waals surface area contributed by atoms with Gasteiger partial charge in [0.25, 0.3) is 0 Å². The van der Waals surface area contributed by atoms with Crippen molar-refractivity contribution < 1.29 is 4.79 Å². The molecular formula is C18H16N2O. The molecule has 2 aromatic rings. The van der Waals surface area contributed by atoms with Gasteiger partial charge in [0.15, 0.2) is 5.78 Å². The molecule has 3 nitrogen and oxygen atoms in total. The number of nitrogens with one attached hydrogen (secondary N) is 2. The number of carbonyl (C=O) groups is 1. The Hall–Kier alpha value is -2.55. The van der Waals surface area contributed by atoms with Crippen LogP contribution in [0.1, 0.15) is 24.4 Å². The van der Waals surface area contributed by atoms with Crippen LogP contribution in [-0.4, -0.2) is 5.78 Å². The van der Waals surface area contributed by atoms with Crippen molar-refractivity contribution in [3.63, 3.8) is 0 Å². The SMILES string of the molecule is O=C1CCC2=C1[C@@H](c1ccccc1)Nc1ccccc1N2. The van der Waals surface area contributed by atoms with Crippen molar-refractivity contribution in [1.82, 2.24) is 0 Å². The number of Topliss-reactive ketones (excluding diaryl/α,β-unsaturated/α-hetero) is 1. The fourth-order valence-electron chi connectivity index (χ4n) is 3.14. The predicted octanol–water partition coefficient (Wildman–Crippen LogP) is 3.88. The molecule has 0 radical (unpaired) electrons. The first-order valence-corrected chi connectivity index (χ1v) is 7.27. The second-order valence-electron chi connectivity index (χ2n) is 5.47. The Morgan fingerprint density at radius 3 is 2.38 bits per heavy atom. The van der Waals surface area contributed by atoms with Crippen molar-refractivity contribution in [2.45, 2.75) is 18.9 Å². The van der Waals surface area contributed by atoms with Crippen molar-refractivity contribution in [2.75, 3.05) is 10.6 Å². The van der Waals surface area contributed by atoms with Gasteiger partial charge in [0.1, 0.15) is 0 Å². The molecule has 0 saturated heterocycles. The topological polar surface area (TPSA) is 41.1 Å². The summed E-state index contributed by atoms with van der Waals surface area (Å²) in [5.74, 6) is 0.242. The third-order valence-corrected chi connectivity index (χ3v) is 4.16. The van der Waals surface area contributed by atoms with Gasteiger partial charge in [0, 0.05) is 17.7 Å². The molecule has 0 spiro atoms. The largest absolute Gasteiger partial charge is 0.372 e. The van der Waals surface area contributed by atoms with Gasteiger partial charge in [-0.05, 0) is 24.1 Å². The van der Waals surface area contributed by atoms with Crippen molar-refractivity contribution >= 4 is 17.2 Å². The first-order chi connectivity index (χ1) is 10.3. The Morgan fingerprint density at radius 1 is 0.857 bits per heavy atom. The molecule has 2 aliphatic rings. The molecule has 21 heavy (non-hydrogen) atoms. The quantitative estimate of drug-likeness (QED) is 0.830. The summed E-state index contributed by atoms with van der Waals surface area (Å²) in [7, 11) is 0. The summed E-state index contributed by atoms with van der Waals surface area (Å²) in [6.45, 7) is 0. The number of carbonyl (C=O) groups excluding carboxylic acids is 1. The number of benzene rings is 2. The van der Waals surface area contributed by atoms with Crippen LogP contribution in [0.5, 0.6) is 0 Å². The lowest BCUT2D eigenvalue weighted by Gasteiger charge is -2.20. The predicted molar refractivity (Wildman–Crippen MR) is 84.1 cm³/mol. The first-order valence-electron chi connectivity index (χ1n) is 7.27. The fourth-order valence-corrected chi connectivity index (χ4v) is 3.14. The summed E-state index contributed by atoms with van der Waals surface area (Å²) >= 11 is 0. The highest BCUT2D eigenvalue weighted by Gasteiger charge is 2.33. The smallest absolute Gasteiger partial charge is 0.163 e. The lowest BCUT2D eigenvalue weighted by molar-refractivity contribution is -0.115. The van der Waals surface area contributed by atoms with Gasteiger partial charge < -0.3 is 10.6 Å². The van der Waals surface area contributed by atoms with Crippen LogP contribution in [0.4, 0.5) is 11.4 Å². The van der Waals surface area contributed by atoms with Crippen molar-refractivity contribution in [3.05, 3.63) is 71.4 Å². The van der Waals surface area contributed by atoms with Gasteiger partial charge in [0.05, 0.1) is 17.4 Å². The minimum absolute atomic E-state index is 0.0765. The summed E-state index contributed by atoms with van der Waals surface area (Å²) in [5, 5.41) is 6.98. The van der Waals surface area contributed by atoms with Crippen molar-refractivity contribution in [3.8, 4) is 0 Å². The van der Waals surface area contributed by atoms with E-state index in [-0.39, 0.29) is 11.8 Å². The van der Waals surface area contributed by atoms with Crippen LogP contribution in [-0.2, 0) is 4.79 Å². The zero-order chi connectivity index (χ0) is 14.2. The molecule has 3 heteroatoms. The van der Waals surface area contributed by atoms with Crippen molar-refractivity contribution in [1.29, 1.82) is 0 Å². The maximum absolute atomic E-state index is 12.4. The van der Waals surface area contributed by atoms with Gasteiger partial charge in [-0.15, -0.1) is 0 Å². The number of para-hydroxylation sites is 2. The zero-order valence-corrected chi connectivity index (χ0v) is 11.6. The molecule has 0 amide bonds. The van der Waals surface area contributed by atoms with E-state index in [1.54, 1.807) is 0 Å². The van der Waals surface area contributed by atoms with E-state index in [1.807, 2.05) is 42.5 Å². The highest BCUT2D eigenvalue weighted by Crippen LogP contribution is 2.40. The molecule has 104 valence electrons. The van der Waals surface area contributed by atoms with E-state index in [1.165, 1.54) is 0 Å². The molecule has 2 aromatic carbocycles. The Bertz CT molecular complexity index is 734. The molecule has 0 fully saturated rings. The third kappa shape index (κ3) is 2.02. The molecule has 0 unspecified atom stereocenters. The molecular weight excluding hydrogens is 260 g/mol. The lowest BCUT2D eigenvalue weighted by Crippen LogP contribution is -2.16. The average molecular weight is 276 g/mol. The van der Waals surface area contributed by atoms with Crippen LogP contribution in [0.15, 0.2) is 65.9 Å². The van der Waals surface area contributed by atoms with Crippen LogP contribution < -0.4 is 10.6 Å². The first kappa shape index (κ1) is 12.2. The zero-order valence-electron chi connectivity index (χ0n) is 11.6. The van der Waals surface area contributed by atoms with Gasteiger partial charge in [-0.2, -0.15) is 0 Å². The molecule has 4 rings (SSSR count). The van der Waals surface area contributed by atoms with E-state index in [2.05, 4.69) is 22.8 Å². The van der Waals surface area contributed by atoms with E-state index in [4.69, 9.17) is 0 Å². The normalized spacial score (nSPS) is 20.2. The Morgan fingerprint density at radius 2 is 1.57 bits per heavy atom. The molecule has 1 heterocycles. The van der Waals surface area contributed by atoms with E-state index in [0.717, 1.165) is 34.6 Å². The van der Waals surface area contributed by atoms with E-state index >= 15 is 0 Å². The van der Waals surface area contributed by atoms with Gasteiger partial charge in [0.2, 0.25) is 0 Å².